The lowest BCUT2D eigenvalue weighted by Gasteiger charge is -2.46. The molecule has 1 fully saturated rings. The molecule has 358 valence electrons. The first kappa shape index (κ1) is 54.3. The van der Waals surface area contributed by atoms with E-state index in [2.05, 4.69) is 60.8 Å². The van der Waals surface area contributed by atoms with Crippen LogP contribution < -0.4 is 26.2 Å². The zero-order valence-electron chi connectivity index (χ0n) is 38.4. The third kappa shape index (κ3) is 23.1. The first-order chi connectivity index (χ1) is 30.1. The molecule has 0 aliphatic carbocycles. The Hall–Kier alpha value is -3.04. The number of carbonyl (C=O) groups is 2. The number of ether oxygens (including phenoxy) is 6. The number of amides is 2. The molecular formula is C45H75N5O11S2. The number of nitrogens with one attached hydrogen (secondary N) is 5. The topological polar surface area (TPSA) is 204 Å². The number of piperidine rings is 1. The van der Waals surface area contributed by atoms with Crippen LogP contribution in [0.25, 0.3) is 0 Å². The van der Waals surface area contributed by atoms with E-state index in [0.29, 0.717) is 103 Å². The fourth-order valence-corrected chi connectivity index (χ4v) is 9.09. The predicted molar refractivity (Wildman–Crippen MR) is 248 cm³/mol. The van der Waals surface area contributed by atoms with Gasteiger partial charge in [-0.25, -0.2) is 8.42 Å². The van der Waals surface area contributed by atoms with Crippen molar-refractivity contribution in [3.63, 3.8) is 0 Å². The minimum atomic E-state index is -3.96. The molecule has 0 spiro atoms. The lowest BCUT2D eigenvalue weighted by molar-refractivity contribution is -0.139. The van der Waals surface area contributed by atoms with E-state index >= 15 is 0 Å². The third-order valence-electron chi connectivity index (χ3n) is 9.93. The van der Waals surface area contributed by atoms with E-state index in [0.717, 1.165) is 17.9 Å². The third-order valence-corrected chi connectivity index (χ3v) is 12.3. The lowest BCUT2D eigenvalue weighted by atomic mass is 9.79. The van der Waals surface area contributed by atoms with Gasteiger partial charge in [-0.05, 0) is 96.3 Å². The van der Waals surface area contributed by atoms with E-state index in [9.17, 15) is 23.1 Å². The van der Waals surface area contributed by atoms with Crippen molar-refractivity contribution >= 4 is 45.0 Å². The summed E-state index contributed by atoms with van der Waals surface area (Å²) in [5, 5.41) is 16.8. The van der Waals surface area contributed by atoms with Crippen LogP contribution in [0.15, 0.2) is 52.3 Å². The zero-order valence-corrected chi connectivity index (χ0v) is 40.0. The zero-order chi connectivity index (χ0) is 46.0. The Morgan fingerprint density at radius 2 is 1.24 bits per heavy atom. The van der Waals surface area contributed by atoms with E-state index in [4.69, 9.17) is 28.4 Å². The monoisotopic (exact) mass is 925 g/mol. The number of aliphatic hydroxyl groups is 1. The van der Waals surface area contributed by atoms with Crippen LogP contribution >= 0.6 is 11.8 Å². The highest BCUT2D eigenvalue weighted by molar-refractivity contribution is 7.99. The van der Waals surface area contributed by atoms with Gasteiger partial charge >= 0.3 is 11.8 Å². The number of rotatable bonds is 33. The Bertz CT molecular complexity index is 1700. The van der Waals surface area contributed by atoms with Crippen molar-refractivity contribution in [3.8, 4) is 0 Å². The number of thioether (sulfide) groups is 1. The Labute approximate surface area is 380 Å². The summed E-state index contributed by atoms with van der Waals surface area (Å²) in [5.41, 5.74) is 5.46. The maximum absolute atomic E-state index is 13.2. The largest absolute Gasteiger partial charge is 0.389 e. The van der Waals surface area contributed by atoms with Crippen molar-refractivity contribution in [2.75, 3.05) is 95.2 Å². The molecular weight excluding hydrogens is 851 g/mol. The number of unbranched alkanes of at least 4 members (excludes halogenated alkanes) is 5. The van der Waals surface area contributed by atoms with Crippen LogP contribution in [-0.4, -0.2) is 127 Å². The maximum atomic E-state index is 13.2. The van der Waals surface area contributed by atoms with Crippen molar-refractivity contribution in [1.82, 2.24) is 16.1 Å². The second kappa shape index (κ2) is 29.5. The number of hydrazine groups is 1. The molecule has 6 N–H and O–H groups in total. The lowest BCUT2D eigenvalue weighted by Crippen LogP contribution is -2.63. The highest BCUT2D eigenvalue weighted by Crippen LogP contribution is 2.30. The number of benzene rings is 2. The van der Waals surface area contributed by atoms with Gasteiger partial charge in [0.15, 0.2) is 0 Å². The normalized spacial score (nSPS) is 15.5. The summed E-state index contributed by atoms with van der Waals surface area (Å²) in [7, 11) is -3.96. The van der Waals surface area contributed by atoms with Crippen molar-refractivity contribution in [2.45, 2.75) is 126 Å². The quantitative estimate of drug-likeness (QED) is 0.0212. The van der Waals surface area contributed by atoms with Crippen LogP contribution in [0, 0.1) is 0 Å². The number of carbonyl (C=O) groups excluding carboxylic acids is 2. The summed E-state index contributed by atoms with van der Waals surface area (Å²) in [5.74, 6) is -1.01. The molecule has 16 nitrogen and oxygen atoms in total. The molecule has 1 aliphatic heterocycles. The van der Waals surface area contributed by atoms with Gasteiger partial charge in [0.2, 0.25) is 0 Å². The second-order valence-electron chi connectivity index (χ2n) is 16.9. The predicted octanol–water partition coefficient (Wildman–Crippen LogP) is 5.96. The minimum absolute atomic E-state index is 0.0664. The summed E-state index contributed by atoms with van der Waals surface area (Å²) < 4.78 is 62.4. The Morgan fingerprint density at radius 3 is 1.78 bits per heavy atom. The number of hydrogen-bond acceptors (Lipinski definition) is 14. The van der Waals surface area contributed by atoms with Crippen LogP contribution in [0.2, 0.25) is 0 Å². The van der Waals surface area contributed by atoms with Crippen molar-refractivity contribution in [2.24, 2.45) is 0 Å². The molecule has 2 aromatic carbocycles. The highest BCUT2D eigenvalue weighted by atomic mass is 32.2. The Balaban J connectivity index is 1.23. The molecule has 1 atom stereocenters. The maximum Gasteiger partial charge on any atom is 0.327 e. The van der Waals surface area contributed by atoms with Crippen molar-refractivity contribution in [1.29, 1.82) is 0 Å². The number of hydrogen-bond donors (Lipinski definition) is 6. The molecule has 63 heavy (non-hydrogen) atoms. The summed E-state index contributed by atoms with van der Waals surface area (Å²) in [6.07, 6.45) is 7.85. The summed E-state index contributed by atoms with van der Waals surface area (Å²) in [6.45, 7) is 18.3. The summed E-state index contributed by atoms with van der Waals surface area (Å²) in [6, 6.07) is 10.8. The molecule has 2 amide bonds. The molecule has 1 heterocycles. The van der Waals surface area contributed by atoms with Crippen LogP contribution in [0.4, 0.5) is 11.4 Å². The van der Waals surface area contributed by atoms with Crippen LogP contribution in [0.1, 0.15) is 105 Å². The van der Waals surface area contributed by atoms with Crippen LogP contribution in [0.3, 0.4) is 0 Å². The van der Waals surface area contributed by atoms with Crippen molar-refractivity contribution in [3.05, 3.63) is 48.0 Å². The van der Waals surface area contributed by atoms with Crippen LogP contribution in [-0.2, 0) is 48.0 Å². The summed E-state index contributed by atoms with van der Waals surface area (Å²) in [4.78, 5) is 26.3. The standard InChI is InChI=1S/C45H75N5O11S2/c1-7-8-9-10-11-12-19-56-20-21-57-22-23-58-24-25-59-26-27-60-28-29-61-30-31-62-38-14-16-39(17-15-38)63(54,55)49-36-13-18-41(40(32-36)35(2)51)47-48-43(53)42(52)46-37-33-44(3,4)50-45(5,6)34-37/h13-18,32,35,37,47,49-51H,7-12,19-31,33-34H2,1-6H3,(H,46,52)(H,48,53). The first-order valence-electron chi connectivity index (χ1n) is 22.3. The first-order valence-corrected chi connectivity index (χ1v) is 24.8. The molecule has 3 rings (SSSR count). The van der Waals surface area contributed by atoms with Crippen molar-refractivity contribution < 1.29 is 51.5 Å². The molecule has 0 aromatic heterocycles. The number of anilines is 2. The van der Waals surface area contributed by atoms with E-state index in [1.165, 1.54) is 69.4 Å². The molecule has 1 aliphatic rings. The van der Waals surface area contributed by atoms with Gasteiger partial charge in [-0.1, -0.05) is 39.0 Å². The van der Waals surface area contributed by atoms with Gasteiger partial charge in [0.25, 0.3) is 10.0 Å². The van der Waals surface area contributed by atoms with E-state index < -0.39 is 27.9 Å². The van der Waals surface area contributed by atoms with Gasteiger partial charge in [-0.15, -0.1) is 11.8 Å². The summed E-state index contributed by atoms with van der Waals surface area (Å²) >= 11 is 1.54. The van der Waals surface area contributed by atoms with Gasteiger partial charge in [0.1, 0.15) is 0 Å². The minimum Gasteiger partial charge on any atom is -0.389 e. The molecule has 0 saturated carbocycles. The highest BCUT2D eigenvalue weighted by Gasteiger charge is 2.38. The molecule has 1 unspecified atom stereocenters. The smallest absolute Gasteiger partial charge is 0.327 e. The molecule has 0 bridgehead atoms. The molecule has 2 aromatic rings. The number of sulfonamides is 1. The van der Waals surface area contributed by atoms with E-state index in [1.54, 1.807) is 23.9 Å². The second-order valence-corrected chi connectivity index (χ2v) is 19.7. The van der Waals surface area contributed by atoms with Gasteiger partial charge in [-0.2, -0.15) is 0 Å². The molecule has 0 radical (unpaired) electrons. The fraction of sp³-hybridized carbons (Fsp3) is 0.689. The van der Waals surface area contributed by atoms with Gasteiger partial charge in [-0.3, -0.25) is 25.2 Å². The average Bonchev–Trinajstić information content (AvgIpc) is 3.21. The van der Waals surface area contributed by atoms with Gasteiger partial charge < -0.3 is 44.2 Å². The molecule has 18 heteroatoms. The number of aliphatic hydroxyl groups excluding tert-OH is 1. The van der Waals surface area contributed by atoms with E-state index in [1.807, 2.05) is 0 Å². The Kier molecular flexibility index (Phi) is 25.4. The van der Waals surface area contributed by atoms with Gasteiger partial charge in [0.05, 0.1) is 89.4 Å². The molecule has 1 saturated heterocycles. The SMILES string of the molecule is CCCCCCCCOCCOCCOCCOCCOCCOCCSc1ccc(S(=O)(=O)Nc2ccc(NNC(=O)C(=O)NC3CC(C)(C)NC(C)(C)C3)c(C(C)O)c2)cc1. The van der Waals surface area contributed by atoms with Crippen LogP contribution in [0.5, 0.6) is 0 Å². The average molecular weight is 926 g/mol. The fourth-order valence-electron chi connectivity index (χ4n) is 7.28. The van der Waals surface area contributed by atoms with E-state index in [-0.39, 0.29) is 27.7 Å². The Morgan fingerprint density at radius 1 is 0.730 bits per heavy atom. The van der Waals surface area contributed by atoms with Gasteiger partial charge in [0, 0.05) is 45.6 Å².